The zero-order valence-corrected chi connectivity index (χ0v) is 17.7. The second-order valence-electron chi connectivity index (χ2n) is 6.30. The van der Waals surface area contributed by atoms with E-state index in [1.165, 1.54) is 11.3 Å². The summed E-state index contributed by atoms with van der Waals surface area (Å²) in [6.07, 6.45) is 0.949. The molecule has 0 bridgehead atoms. The number of benzene rings is 2. The van der Waals surface area contributed by atoms with Crippen LogP contribution in [0.25, 0.3) is 0 Å². The van der Waals surface area contributed by atoms with Gasteiger partial charge in [0.05, 0.1) is 14.2 Å². The summed E-state index contributed by atoms with van der Waals surface area (Å²) in [7, 11) is 3.18. The van der Waals surface area contributed by atoms with Crippen LogP contribution in [-0.4, -0.2) is 36.2 Å². The second-order valence-corrected chi connectivity index (χ2v) is 7.36. The third-order valence-electron chi connectivity index (χ3n) is 4.24. The first-order chi connectivity index (χ1) is 14.5. The summed E-state index contributed by atoms with van der Waals surface area (Å²) in [5.74, 6) is 0.929. The van der Waals surface area contributed by atoms with Gasteiger partial charge in [0, 0.05) is 24.1 Å². The minimum absolute atomic E-state index is 0.0805. The van der Waals surface area contributed by atoms with Gasteiger partial charge in [0.15, 0.2) is 11.5 Å². The molecule has 0 atom stereocenters. The fourth-order valence-corrected chi connectivity index (χ4v) is 3.43. The normalized spacial score (nSPS) is 10.4. The highest BCUT2D eigenvalue weighted by molar-refractivity contribution is 7.15. The number of ether oxygens (including phenoxy) is 2. The molecule has 0 fully saturated rings. The van der Waals surface area contributed by atoms with E-state index in [2.05, 4.69) is 20.8 Å². The predicted molar refractivity (Wildman–Crippen MR) is 116 cm³/mol. The molecule has 2 amide bonds. The quantitative estimate of drug-likeness (QED) is 0.569. The number of methoxy groups -OCH3 is 2. The van der Waals surface area contributed by atoms with Crippen LogP contribution in [-0.2, 0) is 11.2 Å². The van der Waals surface area contributed by atoms with Gasteiger partial charge in [-0.25, -0.2) is 0 Å². The number of amides is 2. The van der Waals surface area contributed by atoms with Crippen molar-refractivity contribution in [3.05, 3.63) is 58.6 Å². The fraction of sp³-hybridized carbons (Fsp3) is 0.238. The Morgan fingerprint density at radius 1 is 0.967 bits per heavy atom. The summed E-state index contributed by atoms with van der Waals surface area (Å²) >= 11 is 1.31. The van der Waals surface area contributed by atoms with Gasteiger partial charge in [-0.1, -0.05) is 24.3 Å². The van der Waals surface area contributed by atoms with Gasteiger partial charge >= 0.3 is 0 Å². The molecule has 1 heterocycles. The first-order valence-corrected chi connectivity index (χ1v) is 10.1. The molecule has 2 aromatic carbocycles. The summed E-state index contributed by atoms with van der Waals surface area (Å²) in [6, 6.07) is 12.3. The average Bonchev–Trinajstić information content (AvgIpc) is 3.20. The van der Waals surface area contributed by atoms with Crippen LogP contribution in [0.3, 0.4) is 0 Å². The Labute approximate surface area is 178 Å². The van der Waals surface area contributed by atoms with Crippen molar-refractivity contribution in [2.24, 2.45) is 0 Å². The summed E-state index contributed by atoms with van der Waals surface area (Å²) in [4.78, 5) is 23.9. The summed E-state index contributed by atoms with van der Waals surface area (Å²) in [6.45, 7) is 1.78. The van der Waals surface area contributed by atoms with Gasteiger partial charge in [-0.05, 0) is 42.0 Å². The van der Waals surface area contributed by atoms with Gasteiger partial charge in [-0.3, -0.25) is 14.9 Å². The highest BCUT2D eigenvalue weighted by atomic mass is 32.1. The van der Waals surface area contributed by atoms with E-state index in [0.29, 0.717) is 40.7 Å². The lowest BCUT2D eigenvalue weighted by Crippen LogP contribution is -2.12. The van der Waals surface area contributed by atoms with Crippen LogP contribution in [0, 0.1) is 0 Å². The number of aromatic nitrogens is 2. The second kappa shape index (κ2) is 9.84. The van der Waals surface area contributed by atoms with E-state index >= 15 is 0 Å². The smallest absolute Gasteiger partial charge is 0.257 e. The Bertz CT molecular complexity index is 1030. The molecule has 156 valence electrons. The van der Waals surface area contributed by atoms with E-state index in [-0.39, 0.29) is 11.8 Å². The molecule has 0 aliphatic heterocycles. The van der Waals surface area contributed by atoms with E-state index in [0.717, 1.165) is 10.6 Å². The van der Waals surface area contributed by atoms with Gasteiger partial charge in [0.25, 0.3) is 5.91 Å². The fourth-order valence-electron chi connectivity index (χ4n) is 2.66. The van der Waals surface area contributed by atoms with Gasteiger partial charge < -0.3 is 14.8 Å². The lowest BCUT2D eigenvalue weighted by Gasteiger charge is -2.08. The molecular formula is C21H22N4O4S. The van der Waals surface area contributed by atoms with E-state index in [1.54, 1.807) is 45.4 Å². The van der Waals surface area contributed by atoms with Gasteiger partial charge in [0.1, 0.15) is 5.01 Å². The molecule has 2 N–H and O–H groups in total. The number of nitrogens with zero attached hydrogens (tertiary/aromatic N) is 2. The zero-order valence-electron chi connectivity index (χ0n) is 16.9. The third-order valence-corrected chi connectivity index (χ3v) is 5.08. The van der Waals surface area contributed by atoms with E-state index in [9.17, 15) is 9.59 Å². The standard InChI is InChI=1S/C21H22N4O4S/c1-4-18(26)22-15-8-6-14(7-9-15)20(27)23-21-25-24-19(30-21)12-13-5-10-16(28-2)17(11-13)29-3/h5-11H,4,12H2,1-3H3,(H,22,26)(H,23,25,27). The third kappa shape index (κ3) is 5.32. The number of carbonyl (C=O) groups is 2. The number of carbonyl (C=O) groups excluding carboxylic acids is 2. The van der Waals surface area contributed by atoms with Gasteiger partial charge in [-0.2, -0.15) is 0 Å². The van der Waals surface area contributed by atoms with E-state index in [4.69, 9.17) is 9.47 Å². The Kier molecular flexibility index (Phi) is 6.97. The average molecular weight is 426 g/mol. The molecule has 3 rings (SSSR count). The number of rotatable bonds is 8. The van der Waals surface area contributed by atoms with E-state index < -0.39 is 0 Å². The molecule has 0 aliphatic carbocycles. The van der Waals surface area contributed by atoms with Crippen molar-refractivity contribution in [2.75, 3.05) is 24.9 Å². The van der Waals surface area contributed by atoms with Crippen LogP contribution in [0.2, 0.25) is 0 Å². The molecule has 0 saturated heterocycles. The van der Waals surface area contributed by atoms with Crippen LogP contribution in [0.15, 0.2) is 42.5 Å². The lowest BCUT2D eigenvalue weighted by molar-refractivity contribution is -0.115. The molecule has 9 heteroatoms. The van der Waals surface area contributed by atoms with Crippen LogP contribution >= 0.6 is 11.3 Å². The molecule has 0 unspecified atom stereocenters. The number of hydrogen-bond donors (Lipinski definition) is 2. The number of nitrogens with one attached hydrogen (secondary N) is 2. The van der Waals surface area contributed by atoms with Crippen molar-refractivity contribution < 1.29 is 19.1 Å². The largest absolute Gasteiger partial charge is 0.493 e. The van der Waals surface area contributed by atoms with Crippen molar-refractivity contribution in [2.45, 2.75) is 19.8 Å². The monoisotopic (exact) mass is 426 g/mol. The van der Waals surface area contributed by atoms with Gasteiger partial charge in [-0.15, -0.1) is 10.2 Å². The summed E-state index contributed by atoms with van der Waals surface area (Å²) in [5, 5.41) is 14.9. The molecule has 1 aromatic heterocycles. The van der Waals surface area contributed by atoms with Crippen LogP contribution < -0.4 is 20.1 Å². The SMILES string of the molecule is CCC(=O)Nc1ccc(C(=O)Nc2nnc(Cc3ccc(OC)c(OC)c3)s2)cc1. The molecule has 0 spiro atoms. The minimum atomic E-state index is -0.294. The van der Waals surface area contributed by atoms with Crippen molar-refractivity contribution in [3.63, 3.8) is 0 Å². The maximum Gasteiger partial charge on any atom is 0.257 e. The Morgan fingerprint density at radius 2 is 1.70 bits per heavy atom. The summed E-state index contributed by atoms with van der Waals surface area (Å²) < 4.78 is 10.6. The maximum atomic E-state index is 12.4. The zero-order chi connectivity index (χ0) is 21.5. The molecule has 0 saturated carbocycles. The molecule has 0 aliphatic rings. The molecular weight excluding hydrogens is 404 g/mol. The maximum absolute atomic E-state index is 12.4. The lowest BCUT2D eigenvalue weighted by atomic mass is 10.1. The van der Waals surface area contributed by atoms with Crippen molar-refractivity contribution in [1.29, 1.82) is 0 Å². The predicted octanol–water partition coefficient (Wildman–Crippen LogP) is 3.75. The molecule has 8 nitrogen and oxygen atoms in total. The Balaban J connectivity index is 1.62. The Morgan fingerprint density at radius 3 is 2.37 bits per heavy atom. The van der Waals surface area contributed by atoms with Crippen LogP contribution in [0.5, 0.6) is 11.5 Å². The highest BCUT2D eigenvalue weighted by Crippen LogP contribution is 2.29. The van der Waals surface area contributed by atoms with Crippen molar-refractivity contribution in [1.82, 2.24) is 10.2 Å². The van der Waals surface area contributed by atoms with Crippen LogP contribution in [0.1, 0.15) is 34.3 Å². The summed E-state index contributed by atoms with van der Waals surface area (Å²) in [5.41, 5.74) is 2.10. The Hall–Kier alpha value is -3.46. The molecule has 30 heavy (non-hydrogen) atoms. The number of anilines is 2. The van der Waals surface area contributed by atoms with Crippen molar-refractivity contribution >= 4 is 34.0 Å². The first kappa shape index (κ1) is 21.3. The molecule has 3 aromatic rings. The topological polar surface area (TPSA) is 102 Å². The van der Waals surface area contributed by atoms with Gasteiger partial charge in [0.2, 0.25) is 11.0 Å². The minimum Gasteiger partial charge on any atom is -0.493 e. The number of hydrogen-bond acceptors (Lipinski definition) is 7. The first-order valence-electron chi connectivity index (χ1n) is 9.27. The van der Waals surface area contributed by atoms with E-state index in [1.807, 2.05) is 18.2 Å². The van der Waals surface area contributed by atoms with Crippen LogP contribution in [0.4, 0.5) is 10.8 Å². The van der Waals surface area contributed by atoms with Crippen molar-refractivity contribution in [3.8, 4) is 11.5 Å². The highest BCUT2D eigenvalue weighted by Gasteiger charge is 2.12. The molecule has 0 radical (unpaired) electrons.